The molecule has 0 radical (unpaired) electrons. The van der Waals surface area contributed by atoms with Gasteiger partial charge in [0.25, 0.3) is 5.91 Å². The average molecular weight is 260 g/mol. The molecule has 88 valence electrons. The van der Waals surface area contributed by atoms with E-state index in [1.165, 1.54) is 12.3 Å². The van der Waals surface area contributed by atoms with Crippen LogP contribution in [0.4, 0.5) is 5.82 Å². The molecule has 1 heterocycles. The van der Waals surface area contributed by atoms with E-state index in [0.717, 1.165) is 12.2 Å². The minimum absolute atomic E-state index is 0.171. The van der Waals surface area contributed by atoms with Gasteiger partial charge in [-0.05, 0) is 24.5 Å². The zero-order chi connectivity index (χ0) is 12.0. The molecular weight excluding hydrogens is 246 g/mol. The van der Waals surface area contributed by atoms with Crippen LogP contribution in [0.3, 0.4) is 0 Å². The predicted octanol–water partition coefficient (Wildman–Crippen LogP) is 1.80. The molecule has 1 rings (SSSR count). The number of thioether (sulfide) groups is 1. The summed E-state index contributed by atoms with van der Waals surface area (Å²) in [5, 5.41) is 3.09. The highest BCUT2D eigenvalue weighted by Gasteiger charge is 2.07. The molecule has 0 saturated heterocycles. The van der Waals surface area contributed by atoms with Crippen LogP contribution in [0.2, 0.25) is 5.02 Å². The summed E-state index contributed by atoms with van der Waals surface area (Å²) in [5.41, 5.74) is 5.88. The van der Waals surface area contributed by atoms with Crippen LogP contribution in [0.5, 0.6) is 0 Å². The number of anilines is 1. The fourth-order valence-electron chi connectivity index (χ4n) is 1.09. The molecule has 0 unspecified atom stereocenters. The lowest BCUT2D eigenvalue weighted by molar-refractivity contribution is 0.0953. The maximum atomic E-state index is 11.6. The van der Waals surface area contributed by atoms with Crippen molar-refractivity contribution in [2.75, 3.05) is 24.3 Å². The number of nitrogens with two attached hydrogens (primary N) is 1. The Balaban J connectivity index is 2.50. The summed E-state index contributed by atoms with van der Waals surface area (Å²) < 4.78 is 0. The van der Waals surface area contributed by atoms with Gasteiger partial charge in [0.1, 0.15) is 5.82 Å². The van der Waals surface area contributed by atoms with Crippen LogP contribution >= 0.6 is 23.4 Å². The highest BCUT2D eigenvalue weighted by molar-refractivity contribution is 7.98. The molecule has 0 aromatic carbocycles. The molecule has 1 aromatic heterocycles. The Morgan fingerprint density at radius 2 is 2.44 bits per heavy atom. The number of hydrogen-bond acceptors (Lipinski definition) is 4. The first-order valence-electron chi connectivity index (χ1n) is 4.83. The van der Waals surface area contributed by atoms with E-state index in [1.54, 1.807) is 11.8 Å². The molecule has 16 heavy (non-hydrogen) atoms. The van der Waals surface area contributed by atoms with E-state index in [9.17, 15) is 4.79 Å². The quantitative estimate of drug-likeness (QED) is 0.792. The summed E-state index contributed by atoms with van der Waals surface area (Å²) >= 11 is 7.52. The van der Waals surface area contributed by atoms with Gasteiger partial charge in [-0.1, -0.05) is 11.6 Å². The summed E-state index contributed by atoms with van der Waals surface area (Å²) in [4.78, 5) is 15.4. The van der Waals surface area contributed by atoms with Gasteiger partial charge in [0.15, 0.2) is 0 Å². The zero-order valence-electron chi connectivity index (χ0n) is 9.00. The number of rotatable bonds is 5. The van der Waals surface area contributed by atoms with E-state index < -0.39 is 0 Å². The molecular formula is C10H14ClN3OS. The summed E-state index contributed by atoms with van der Waals surface area (Å²) in [6.45, 7) is 0.654. The first kappa shape index (κ1) is 13.1. The fraction of sp³-hybridized carbons (Fsp3) is 0.400. The van der Waals surface area contributed by atoms with Crippen molar-refractivity contribution >= 4 is 35.1 Å². The van der Waals surface area contributed by atoms with Gasteiger partial charge in [0.2, 0.25) is 0 Å². The molecule has 4 nitrogen and oxygen atoms in total. The highest BCUT2D eigenvalue weighted by atomic mass is 35.5. The largest absolute Gasteiger partial charge is 0.382 e. The Bertz CT molecular complexity index is 373. The maximum Gasteiger partial charge on any atom is 0.252 e. The zero-order valence-corrected chi connectivity index (χ0v) is 10.6. The Hall–Kier alpha value is -0.940. The van der Waals surface area contributed by atoms with E-state index in [2.05, 4.69) is 10.3 Å². The number of aromatic nitrogens is 1. The summed E-state index contributed by atoms with van der Waals surface area (Å²) in [6.07, 6.45) is 4.40. The first-order valence-corrected chi connectivity index (χ1v) is 6.60. The molecule has 3 N–H and O–H groups in total. The number of nitrogens with zero attached hydrogens (tertiary/aromatic N) is 1. The van der Waals surface area contributed by atoms with Crippen LogP contribution in [0, 0.1) is 0 Å². The number of nitrogens with one attached hydrogen (secondary N) is 1. The van der Waals surface area contributed by atoms with Gasteiger partial charge >= 0.3 is 0 Å². The van der Waals surface area contributed by atoms with Crippen LogP contribution in [-0.2, 0) is 0 Å². The summed E-state index contributed by atoms with van der Waals surface area (Å²) in [6, 6.07) is 1.52. The number of nitrogen functional groups attached to an aromatic ring is 1. The number of hydrogen-bond donors (Lipinski definition) is 2. The van der Waals surface area contributed by atoms with Gasteiger partial charge in [-0.3, -0.25) is 4.79 Å². The summed E-state index contributed by atoms with van der Waals surface area (Å²) in [5.74, 6) is 1.09. The van der Waals surface area contributed by atoms with E-state index >= 15 is 0 Å². The second kappa shape index (κ2) is 6.60. The topological polar surface area (TPSA) is 68.0 Å². The van der Waals surface area contributed by atoms with Crippen LogP contribution in [-0.4, -0.2) is 29.4 Å². The van der Waals surface area contributed by atoms with Crippen molar-refractivity contribution in [3.63, 3.8) is 0 Å². The Morgan fingerprint density at radius 1 is 1.69 bits per heavy atom. The monoisotopic (exact) mass is 259 g/mol. The molecule has 0 bridgehead atoms. The van der Waals surface area contributed by atoms with Crippen molar-refractivity contribution in [2.45, 2.75) is 6.42 Å². The lowest BCUT2D eigenvalue weighted by Gasteiger charge is -2.05. The van der Waals surface area contributed by atoms with Gasteiger partial charge < -0.3 is 11.1 Å². The van der Waals surface area contributed by atoms with Crippen LogP contribution in [0.1, 0.15) is 16.8 Å². The predicted molar refractivity (Wildman–Crippen MR) is 69.0 cm³/mol. The Labute approximate surface area is 104 Å². The number of pyridine rings is 1. The minimum Gasteiger partial charge on any atom is -0.382 e. The first-order chi connectivity index (χ1) is 7.65. The smallest absolute Gasteiger partial charge is 0.252 e. The number of halogens is 1. The number of carbonyl (C=O) groups is 1. The van der Waals surface area contributed by atoms with Crippen LogP contribution in [0.15, 0.2) is 12.3 Å². The van der Waals surface area contributed by atoms with Gasteiger partial charge in [0, 0.05) is 12.7 Å². The second-order valence-electron chi connectivity index (χ2n) is 3.19. The molecule has 1 amide bonds. The van der Waals surface area contributed by atoms with Crippen molar-refractivity contribution in [1.29, 1.82) is 0 Å². The standard InChI is InChI=1S/C10H14ClN3OS/c1-16-4-2-3-13-10(15)7-5-8(11)9(12)14-6-7/h5-6H,2-4H2,1H3,(H2,12,14)(H,13,15). The van der Waals surface area contributed by atoms with Crippen molar-refractivity contribution in [2.24, 2.45) is 0 Å². The molecule has 0 saturated carbocycles. The van der Waals surface area contributed by atoms with E-state index in [4.69, 9.17) is 17.3 Å². The van der Waals surface area contributed by atoms with Crippen molar-refractivity contribution in [3.8, 4) is 0 Å². The normalized spacial score (nSPS) is 10.1. The van der Waals surface area contributed by atoms with E-state index in [1.807, 2.05) is 6.26 Å². The molecule has 0 fully saturated rings. The molecule has 1 aromatic rings. The summed E-state index contributed by atoms with van der Waals surface area (Å²) in [7, 11) is 0. The van der Waals surface area contributed by atoms with E-state index in [-0.39, 0.29) is 11.7 Å². The second-order valence-corrected chi connectivity index (χ2v) is 4.59. The molecule has 0 aliphatic heterocycles. The number of amides is 1. The third-order valence-corrected chi connectivity index (χ3v) is 2.94. The SMILES string of the molecule is CSCCCNC(=O)c1cnc(N)c(Cl)c1. The third kappa shape index (κ3) is 3.90. The average Bonchev–Trinajstić information content (AvgIpc) is 2.28. The lowest BCUT2D eigenvalue weighted by Crippen LogP contribution is -2.25. The van der Waals surface area contributed by atoms with Gasteiger partial charge in [-0.25, -0.2) is 4.98 Å². The molecule has 0 atom stereocenters. The van der Waals surface area contributed by atoms with E-state index in [0.29, 0.717) is 17.1 Å². The fourth-order valence-corrected chi connectivity index (χ4v) is 1.69. The number of carbonyl (C=O) groups excluding carboxylic acids is 1. The van der Waals surface area contributed by atoms with Crippen molar-refractivity contribution in [3.05, 3.63) is 22.8 Å². The third-order valence-electron chi connectivity index (χ3n) is 1.94. The van der Waals surface area contributed by atoms with Gasteiger partial charge in [-0.2, -0.15) is 11.8 Å². The Morgan fingerprint density at radius 3 is 3.06 bits per heavy atom. The van der Waals surface area contributed by atoms with Crippen molar-refractivity contribution < 1.29 is 4.79 Å². The van der Waals surface area contributed by atoms with Crippen molar-refractivity contribution in [1.82, 2.24) is 10.3 Å². The molecule has 6 heteroatoms. The molecule has 0 aliphatic carbocycles. The van der Waals surface area contributed by atoms with Crippen LogP contribution in [0.25, 0.3) is 0 Å². The highest BCUT2D eigenvalue weighted by Crippen LogP contribution is 2.16. The molecule has 0 spiro atoms. The minimum atomic E-state index is -0.171. The van der Waals surface area contributed by atoms with Gasteiger partial charge in [-0.15, -0.1) is 0 Å². The Kier molecular flexibility index (Phi) is 5.42. The maximum absolute atomic E-state index is 11.6. The van der Waals surface area contributed by atoms with Gasteiger partial charge in [0.05, 0.1) is 10.6 Å². The van der Waals surface area contributed by atoms with Crippen LogP contribution < -0.4 is 11.1 Å². The molecule has 0 aliphatic rings. The lowest BCUT2D eigenvalue weighted by atomic mass is 10.2.